The zero-order valence-electron chi connectivity index (χ0n) is 12.0. The van der Waals surface area contributed by atoms with Crippen LogP contribution >= 0.6 is 0 Å². The van der Waals surface area contributed by atoms with Gasteiger partial charge in [-0.3, -0.25) is 0 Å². The van der Waals surface area contributed by atoms with Crippen LogP contribution in [0.4, 0.5) is 23.7 Å². The van der Waals surface area contributed by atoms with E-state index in [1.807, 2.05) is 0 Å². The molecule has 0 spiro atoms. The molecular formula is C14H15F3N2O3. The minimum atomic E-state index is -4.50. The predicted octanol–water partition coefficient (Wildman–Crippen LogP) is 2.84. The first-order chi connectivity index (χ1) is 10.2. The topological polar surface area (TPSA) is 67.4 Å². The van der Waals surface area contributed by atoms with Crippen LogP contribution in [-0.4, -0.2) is 24.6 Å². The van der Waals surface area contributed by atoms with Crippen molar-refractivity contribution in [1.82, 2.24) is 5.32 Å². The number of methoxy groups -OCH3 is 1. The Morgan fingerprint density at radius 3 is 2.41 bits per heavy atom. The van der Waals surface area contributed by atoms with E-state index in [1.54, 1.807) is 0 Å². The number of amides is 2. The number of rotatable bonds is 3. The highest BCUT2D eigenvalue weighted by molar-refractivity contribution is 5.96. The summed E-state index contributed by atoms with van der Waals surface area (Å²) >= 11 is 0. The fourth-order valence-electron chi connectivity index (χ4n) is 2.15. The largest absolute Gasteiger partial charge is 0.467 e. The Labute approximate surface area is 124 Å². The van der Waals surface area contributed by atoms with Crippen molar-refractivity contribution >= 4 is 17.7 Å². The third kappa shape index (κ3) is 3.15. The molecule has 0 aliphatic heterocycles. The average Bonchev–Trinajstić information content (AvgIpc) is 3.19. The lowest BCUT2D eigenvalue weighted by Crippen LogP contribution is -2.45. The van der Waals surface area contributed by atoms with Crippen LogP contribution in [0.25, 0.3) is 0 Å². The molecule has 1 aliphatic carbocycles. The number of ether oxygens (including phenoxy) is 1. The number of hydrogen-bond acceptors (Lipinski definition) is 3. The Kier molecular flexibility index (Phi) is 4.04. The Hall–Kier alpha value is -2.25. The van der Waals surface area contributed by atoms with E-state index in [4.69, 9.17) is 0 Å². The Balaban J connectivity index is 2.12. The number of carbonyl (C=O) groups excluding carboxylic acids is 2. The highest BCUT2D eigenvalue weighted by atomic mass is 19.4. The average molecular weight is 316 g/mol. The van der Waals surface area contributed by atoms with Crippen molar-refractivity contribution in [3.63, 3.8) is 0 Å². The minimum Gasteiger partial charge on any atom is -0.467 e. The second-order valence-corrected chi connectivity index (χ2v) is 5.13. The quantitative estimate of drug-likeness (QED) is 0.843. The van der Waals surface area contributed by atoms with Crippen molar-refractivity contribution in [2.75, 3.05) is 12.4 Å². The number of benzene rings is 1. The monoisotopic (exact) mass is 316 g/mol. The van der Waals surface area contributed by atoms with Crippen LogP contribution in [0.3, 0.4) is 0 Å². The summed E-state index contributed by atoms with van der Waals surface area (Å²) in [6.45, 7) is 1.27. The molecule has 1 aliphatic rings. The van der Waals surface area contributed by atoms with Gasteiger partial charge in [0.15, 0.2) is 0 Å². The Morgan fingerprint density at radius 1 is 1.27 bits per heavy atom. The third-order valence-corrected chi connectivity index (χ3v) is 3.57. The third-order valence-electron chi connectivity index (χ3n) is 3.57. The van der Waals surface area contributed by atoms with Crippen molar-refractivity contribution in [2.45, 2.75) is 31.5 Å². The van der Waals surface area contributed by atoms with Gasteiger partial charge in [-0.2, -0.15) is 13.2 Å². The standard InChI is InChI=1S/C14H15F3N2O3/c1-8-9(14(15,16)17)4-3-5-10(8)18-12(21)19-13(6-7-13)11(20)22-2/h3-5H,6-7H2,1-2H3,(H2,18,19,21). The lowest BCUT2D eigenvalue weighted by Gasteiger charge is -2.18. The first-order valence-electron chi connectivity index (χ1n) is 6.54. The summed E-state index contributed by atoms with van der Waals surface area (Å²) in [5.41, 5.74) is -1.94. The van der Waals surface area contributed by atoms with Crippen LogP contribution < -0.4 is 10.6 Å². The maximum atomic E-state index is 12.8. The van der Waals surface area contributed by atoms with Gasteiger partial charge < -0.3 is 15.4 Å². The van der Waals surface area contributed by atoms with Gasteiger partial charge in [0.2, 0.25) is 0 Å². The summed E-state index contributed by atoms with van der Waals surface area (Å²) in [7, 11) is 1.21. The fourth-order valence-corrected chi connectivity index (χ4v) is 2.15. The van der Waals surface area contributed by atoms with Crippen LogP contribution in [0.15, 0.2) is 18.2 Å². The first kappa shape index (κ1) is 16.1. The smallest absolute Gasteiger partial charge is 0.416 e. The second-order valence-electron chi connectivity index (χ2n) is 5.13. The molecule has 1 aromatic rings. The molecule has 5 nitrogen and oxygen atoms in total. The van der Waals surface area contributed by atoms with Gasteiger partial charge in [0.25, 0.3) is 0 Å². The Bertz CT molecular complexity index is 610. The van der Waals surface area contributed by atoms with E-state index in [0.717, 1.165) is 6.07 Å². The molecule has 120 valence electrons. The summed E-state index contributed by atoms with van der Waals surface area (Å²) in [4.78, 5) is 23.4. The van der Waals surface area contributed by atoms with Gasteiger partial charge in [0.1, 0.15) is 5.54 Å². The maximum absolute atomic E-state index is 12.8. The lowest BCUT2D eigenvalue weighted by molar-refractivity contribution is -0.144. The summed E-state index contributed by atoms with van der Waals surface area (Å²) in [5, 5.41) is 4.79. The van der Waals surface area contributed by atoms with Crippen molar-refractivity contribution in [3.05, 3.63) is 29.3 Å². The molecule has 1 aromatic carbocycles. The number of halogens is 3. The summed E-state index contributed by atoms with van der Waals surface area (Å²) < 4.78 is 43.0. The van der Waals surface area contributed by atoms with Crippen molar-refractivity contribution in [3.8, 4) is 0 Å². The van der Waals surface area contributed by atoms with E-state index in [9.17, 15) is 22.8 Å². The molecule has 1 fully saturated rings. The molecule has 0 aromatic heterocycles. The zero-order chi connectivity index (χ0) is 16.5. The van der Waals surface area contributed by atoms with Crippen molar-refractivity contribution in [1.29, 1.82) is 0 Å². The molecule has 0 heterocycles. The van der Waals surface area contributed by atoms with Gasteiger partial charge in [-0.25, -0.2) is 9.59 Å². The van der Waals surface area contributed by atoms with Crippen LogP contribution in [0, 0.1) is 6.92 Å². The van der Waals surface area contributed by atoms with E-state index in [1.165, 1.54) is 26.2 Å². The number of alkyl halides is 3. The minimum absolute atomic E-state index is 0.0352. The molecule has 0 bridgehead atoms. The van der Waals surface area contributed by atoms with E-state index in [0.29, 0.717) is 12.8 Å². The number of anilines is 1. The zero-order valence-corrected chi connectivity index (χ0v) is 12.0. The number of urea groups is 1. The highest BCUT2D eigenvalue weighted by Gasteiger charge is 2.52. The van der Waals surface area contributed by atoms with Crippen LogP contribution in [0.5, 0.6) is 0 Å². The first-order valence-corrected chi connectivity index (χ1v) is 6.54. The van der Waals surface area contributed by atoms with Gasteiger partial charge in [0, 0.05) is 5.69 Å². The van der Waals surface area contributed by atoms with Crippen molar-refractivity contribution < 1.29 is 27.5 Å². The molecule has 2 N–H and O–H groups in total. The molecule has 1 saturated carbocycles. The number of nitrogens with one attached hydrogen (secondary N) is 2. The molecule has 0 atom stereocenters. The molecule has 2 amide bonds. The highest BCUT2D eigenvalue weighted by Crippen LogP contribution is 2.37. The van der Waals surface area contributed by atoms with E-state index < -0.39 is 29.3 Å². The number of carbonyl (C=O) groups is 2. The number of esters is 1. The predicted molar refractivity (Wildman–Crippen MR) is 72.3 cm³/mol. The molecule has 0 unspecified atom stereocenters. The molecule has 2 rings (SSSR count). The van der Waals surface area contributed by atoms with Crippen LogP contribution in [-0.2, 0) is 15.7 Å². The van der Waals surface area contributed by atoms with E-state index in [2.05, 4.69) is 15.4 Å². The Morgan fingerprint density at radius 2 is 1.91 bits per heavy atom. The second kappa shape index (κ2) is 5.51. The normalized spacial score (nSPS) is 15.9. The molecule has 8 heteroatoms. The maximum Gasteiger partial charge on any atom is 0.416 e. The molecule has 0 radical (unpaired) electrons. The summed E-state index contributed by atoms with van der Waals surface area (Å²) in [6.07, 6.45) is -3.62. The summed E-state index contributed by atoms with van der Waals surface area (Å²) in [6, 6.07) is 2.76. The van der Waals surface area contributed by atoms with Gasteiger partial charge in [0.05, 0.1) is 12.7 Å². The fraction of sp³-hybridized carbons (Fsp3) is 0.429. The van der Waals surface area contributed by atoms with Crippen LogP contribution in [0.1, 0.15) is 24.0 Å². The molecule has 22 heavy (non-hydrogen) atoms. The van der Waals surface area contributed by atoms with Crippen molar-refractivity contribution in [2.24, 2.45) is 0 Å². The molecular weight excluding hydrogens is 301 g/mol. The van der Waals surface area contributed by atoms with Gasteiger partial charge in [-0.1, -0.05) is 6.07 Å². The SMILES string of the molecule is COC(=O)C1(NC(=O)Nc2cccc(C(F)(F)F)c2C)CC1. The van der Waals surface area contributed by atoms with E-state index in [-0.39, 0.29) is 11.3 Å². The van der Waals surface area contributed by atoms with Gasteiger partial charge in [-0.15, -0.1) is 0 Å². The van der Waals surface area contributed by atoms with E-state index >= 15 is 0 Å². The number of hydrogen-bond donors (Lipinski definition) is 2. The van der Waals surface area contributed by atoms with Gasteiger partial charge in [-0.05, 0) is 37.5 Å². The van der Waals surface area contributed by atoms with Gasteiger partial charge >= 0.3 is 18.2 Å². The lowest BCUT2D eigenvalue weighted by atomic mass is 10.1. The molecule has 0 saturated heterocycles. The summed E-state index contributed by atoms with van der Waals surface area (Å²) in [5.74, 6) is -0.566. The van der Waals surface area contributed by atoms with Crippen LogP contribution in [0.2, 0.25) is 0 Å².